The van der Waals surface area contributed by atoms with Crippen molar-refractivity contribution in [2.75, 3.05) is 32.1 Å². The van der Waals surface area contributed by atoms with E-state index >= 15 is 0 Å². The summed E-state index contributed by atoms with van der Waals surface area (Å²) in [6.07, 6.45) is 3.17. The summed E-state index contributed by atoms with van der Waals surface area (Å²) in [5.74, 6) is -0.901. The van der Waals surface area contributed by atoms with Gasteiger partial charge in [0.15, 0.2) is 0 Å². The van der Waals surface area contributed by atoms with Gasteiger partial charge in [-0.2, -0.15) is 0 Å². The number of hydrogen-bond donors (Lipinski definition) is 2. The summed E-state index contributed by atoms with van der Waals surface area (Å²) >= 11 is 7.08. The summed E-state index contributed by atoms with van der Waals surface area (Å²) in [4.78, 5) is 26.1. The third-order valence-corrected chi connectivity index (χ3v) is 5.38. The van der Waals surface area contributed by atoms with Gasteiger partial charge in [0, 0.05) is 15.5 Å². The Hall–Kier alpha value is -1.38. The van der Waals surface area contributed by atoms with Crippen molar-refractivity contribution < 1.29 is 19.4 Å². The topological polar surface area (TPSA) is 78.9 Å². The minimum atomic E-state index is -0.562. The SMILES string of the molecule is CCCCc1cc(Br)c(NC2=C(C(=O)OC)CN(CCO)C2=O)c(Br)c1. The number of aliphatic hydroxyl groups excluding tert-OH is 1. The van der Waals surface area contributed by atoms with Gasteiger partial charge in [0.05, 0.1) is 31.5 Å². The first kappa shape index (κ1) is 20.9. The number of aryl methyl sites for hydroxylation is 1. The molecule has 0 bridgehead atoms. The molecule has 0 saturated carbocycles. The van der Waals surface area contributed by atoms with Gasteiger partial charge in [-0.3, -0.25) is 4.79 Å². The number of rotatable bonds is 8. The van der Waals surface area contributed by atoms with Crippen LogP contribution in [0.25, 0.3) is 0 Å². The predicted molar refractivity (Wildman–Crippen MR) is 107 cm³/mol. The van der Waals surface area contributed by atoms with Gasteiger partial charge < -0.3 is 20.1 Å². The second-order valence-electron chi connectivity index (χ2n) is 5.96. The van der Waals surface area contributed by atoms with E-state index in [-0.39, 0.29) is 36.9 Å². The van der Waals surface area contributed by atoms with Gasteiger partial charge in [0.1, 0.15) is 5.70 Å². The molecule has 0 aliphatic carbocycles. The van der Waals surface area contributed by atoms with Crippen LogP contribution in [0, 0.1) is 0 Å². The molecule has 0 unspecified atom stereocenters. The van der Waals surface area contributed by atoms with Crippen LogP contribution < -0.4 is 5.32 Å². The van der Waals surface area contributed by atoms with Gasteiger partial charge in [-0.05, 0) is 62.4 Å². The lowest BCUT2D eigenvalue weighted by Crippen LogP contribution is -2.31. The molecule has 1 aliphatic heterocycles. The van der Waals surface area contributed by atoms with Crippen LogP contribution >= 0.6 is 31.9 Å². The highest BCUT2D eigenvalue weighted by Crippen LogP contribution is 2.35. The molecule has 0 aromatic heterocycles. The molecule has 0 fully saturated rings. The number of esters is 1. The van der Waals surface area contributed by atoms with E-state index in [0.29, 0.717) is 5.69 Å². The second kappa shape index (κ2) is 9.53. The van der Waals surface area contributed by atoms with Gasteiger partial charge in [-0.1, -0.05) is 13.3 Å². The molecular weight excluding hydrogens is 468 g/mol. The van der Waals surface area contributed by atoms with E-state index in [9.17, 15) is 9.59 Å². The molecule has 1 aromatic carbocycles. The summed E-state index contributed by atoms with van der Waals surface area (Å²) < 4.78 is 6.39. The number of β-amino-alcohol motifs (C(OH)–C–C–N with tert-alkyl or cyclic N) is 1. The summed E-state index contributed by atoms with van der Waals surface area (Å²) in [5, 5.41) is 12.2. The number of halogens is 2. The third-order valence-electron chi connectivity index (χ3n) is 4.12. The predicted octanol–water partition coefficient (Wildman–Crippen LogP) is 3.23. The highest BCUT2D eigenvalue weighted by atomic mass is 79.9. The Morgan fingerprint density at radius 3 is 2.54 bits per heavy atom. The summed E-state index contributed by atoms with van der Waals surface area (Å²) in [6, 6.07) is 4.01. The molecule has 0 atom stereocenters. The molecule has 1 heterocycles. The van der Waals surface area contributed by atoms with E-state index in [1.165, 1.54) is 17.6 Å². The Morgan fingerprint density at radius 2 is 2.00 bits per heavy atom. The average Bonchev–Trinajstić information content (AvgIpc) is 2.92. The van der Waals surface area contributed by atoms with Gasteiger partial charge in [-0.15, -0.1) is 0 Å². The Balaban J connectivity index is 2.34. The van der Waals surface area contributed by atoms with Crippen LogP contribution in [0.3, 0.4) is 0 Å². The van der Waals surface area contributed by atoms with Crippen LogP contribution in [0.2, 0.25) is 0 Å². The highest BCUT2D eigenvalue weighted by Gasteiger charge is 2.35. The lowest BCUT2D eigenvalue weighted by Gasteiger charge is -2.16. The lowest BCUT2D eigenvalue weighted by atomic mass is 10.1. The molecule has 26 heavy (non-hydrogen) atoms. The van der Waals surface area contributed by atoms with E-state index in [0.717, 1.165) is 28.2 Å². The number of carbonyl (C=O) groups excluding carboxylic acids is 2. The number of nitrogens with zero attached hydrogens (tertiary/aromatic N) is 1. The maximum atomic E-state index is 12.6. The largest absolute Gasteiger partial charge is 0.466 e. The van der Waals surface area contributed by atoms with Crippen molar-refractivity contribution in [3.63, 3.8) is 0 Å². The van der Waals surface area contributed by atoms with Crippen molar-refractivity contribution in [3.05, 3.63) is 37.9 Å². The van der Waals surface area contributed by atoms with Gasteiger partial charge in [0.2, 0.25) is 0 Å². The standard InChI is InChI=1S/C18H22Br2N2O4/c1-3-4-5-11-8-13(19)16(14(20)9-11)21-15-12(18(25)26-2)10-22(6-7-23)17(15)24/h8-9,21,23H,3-7,10H2,1-2H3. The fourth-order valence-electron chi connectivity index (χ4n) is 2.74. The van der Waals surface area contributed by atoms with E-state index in [1.807, 2.05) is 12.1 Å². The van der Waals surface area contributed by atoms with Crippen molar-refractivity contribution >= 4 is 49.4 Å². The van der Waals surface area contributed by atoms with Gasteiger partial charge in [0.25, 0.3) is 5.91 Å². The highest BCUT2D eigenvalue weighted by molar-refractivity contribution is 9.11. The van der Waals surface area contributed by atoms with E-state index in [1.54, 1.807) is 0 Å². The molecule has 1 aromatic rings. The number of carbonyl (C=O) groups is 2. The minimum Gasteiger partial charge on any atom is -0.466 e. The summed E-state index contributed by atoms with van der Waals surface area (Å²) in [6.45, 7) is 2.23. The minimum absolute atomic E-state index is 0.109. The average molecular weight is 490 g/mol. The van der Waals surface area contributed by atoms with Crippen LogP contribution in [0.4, 0.5) is 5.69 Å². The van der Waals surface area contributed by atoms with Crippen LogP contribution in [0.5, 0.6) is 0 Å². The third kappa shape index (κ3) is 4.66. The molecule has 0 spiro atoms. The maximum absolute atomic E-state index is 12.6. The smallest absolute Gasteiger partial charge is 0.337 e. The fraction of sp³-hybridized carbons (Fsp3) is 0.444. The number of benzene rings is 1. The Kier molecular flexibility index (Phi) is 7.67. The molecule has 2 N–H and O–H groups in total. The summed E-state index contributed by atoms with van der Waals surface area (Å²) in [5.41, 5.74) is 2.27. The van der Waals surface area contributed by atoms with Crippen molar-refractivity contribution in [2.24, 2.45) is 0 Å². The zero-order valence-corrected chi connectivity index (χ0v) is 17.9. The van der Waals surface area contributed by atoms with E-state index < -0.39 is 5.97 Å². The molecule has 0 saturated heterocycles. The summed E-state index contributed by atoms with van der Waals surface area (Å²) in [7, 11) is 1.28. The number of ether oxygens (including phenoxy) is 1. The molecule has 8 heteroatoms. The van der Waals surface area contributed by atoms with Gasteiger partial charge in [-0.25, -0.2) is 4.79 Å². The van der Waals surface area contributed by atoms with Crippen molar-refractivity contribution in [3.8, 4) is 0 Å². The number of nitrogens with one attached hydrogen (secondary N) is 1. The molecule has 6 nitrogen and oxygen atoms in total. The quantitative estimate of drug-likeness (QED) is 0.548. The number of anilines is 1. The molecule has 2 rings (SSSR count). The molecule has 142 valence electrons. The Morgan fingerprint density at radius 1 is 1.35 bits per heavy atom. The molecular formula is C18H22Br2N2O4. The molecule has 0 radical (unpaired) electrons. The second-order valence-corrected chi connectivity index (χ2v) is 7.67. The number of unbranched alkanes of at least 4 members (excludes halogenated alkanes) is 1. The molecule has 1 amide bonds. The normalized spacial score (nSPS) is 14.2. The first-order valence-corrected chi connectivity index (χ1v) is 9.98. The number of hydrogen-bond acceptors (Lipinski definition) is 5. The number of amides is 1. The molecule has 1 aliphatic rings. The van der Waals surface area contributed by atoms with E-state index in [4.69, 9.17) is 9.84 Å². The zero-order chi connectivity index (χ0) is 19.3. The van der Waals surface area contributed by atoms with Crippen LogP contribution in [-0.2, 0) is 20.7 Å². The fourth-order valence-corrected chi connectivity index (χ4v) is 4.22. The van der Waals surface area contributed by atoms with Crippen LogP contribution in [0.1, 0.15) is 25.3 Å². The maximum Gasteiger partial charge on any atom is 0.337 e. The van der Waals surface area contributed by atoms with Crippen molar-refractivity contribution in [1.82, 2.24) is 4.90 Å². The van der Waals surface area contributed by atoms with Crippen molar-refractivity contribution in [1.29, 1.82) is 0 Å². The van der Waals surface area contributed by atoms with Crippen molar-refractivity contribution in [2.45, 2.75) is 26.2 Å². The lowest BCUT2D eigenvalue weighted by molar-refractivity contribution is -0.136. The van der Waals surface area contributed by atoms with E-state index in [2.05, 4.69) is 44.1 Å². The first-order chi connectivity index (χ1) is 12.4. The Labute approximate surface area is 169 Å². The van der Waals surface area contributed by atoms with Crippen LogP contribution in [-0.4, -0.2) is 48.7 Å². The number of aliphatic hydroxyl groups is 1. The van der Waals surface area contributed by atoms with Gasteiger partial charge >= 0.3 is 5.97 Å². The number of methoxy groups -OCH3 is 1. The van der Waals surface area contributed by atoms with Crippen LogP contribution in [0.15, 0.2) is 32.3 Å². The monoisotopic (exact) mass is 488 g/mol. The first-order valence-electron chi connectivity index (χ1n) is 8.39. The zero-order valence-electron chi connectivity index (χ0n) is 14.8. The Bertz CT molecular complexity index is 711.